The van der Waals surface area contributed by atoms with E-state index in [2.05, 4.69) is 0 Å². The van der Waals surface area contributed by atoms with E-state index in [-0.39, 0.29) is 0 Å². The average molecular weight is 232 g/mol. The van der Waals surface area contributed by atoms with Gasteiger partial charge < -0.3 is 0 Å². The van der Waals surface area contributed by atoms with Crippen LogP contribution in [0, 0.1) is 0 Å². The molecule has 1 atom stereocenters. The van der Waals surface area contributed by atoms with Crippen molar-refractivity contribution in [2.75, 3.05) is 0 Å². The first-order valence-corrected chi connectivity index (χ1v) is 9.87. The van der Waals surface area contributed by atoms with E-state index < -0.39 is 12.0 Å². The summed E-state index contributed by atoms with van der Waals surface area (Å²) in [4.78, 5) is 0.463. The Morgan fingerprint density at radius 2 is 2.00 bits per heavy atom. The summed E-state index contributed by atoms with van der Waals surface area (Å²) in [6.45, 7) is 4.06. The van der Waals surface area contributed by atoms with Gasteiger partial charge in [0.05, 0.1) is 0 Å². The van der Waals surface area contributed by atoms with Crippen molar-refractivity contribution in [2.45, 2.75) is 24.5 Å². The quantitative estimate of drug-likeness (QED) is 0.651. The zero-order valence-electron chi connectivity index (χ0n) is 4.80. The summed E-state index contributed by atoms with van der Waals surface area (Å²) in [5.41, 5.74) is 0. The average Bonchev–Trinajstić information content (AvgIpc) is 1.65. The number of hydrogen-bond acceptors (Lipinski definition) is 1. The SMILES string of the molecule is C[Se][Se](=O)C(C)C. The van der Waals surface area contributed by atoms with Crippen molar-refractivity contribution in [3.63, 3.8) is 0 Å². The van der Waals surface area contributed by atoms with Crippen LogP contribution in [-0.4, -0.2) is 25.1 Å². The van der Waals surface area contributed by atoms with Gasteiger partial charge >= 0.3 is 53.5 Å². The van der Waals surface area contributed by atoms with E-state index in [1.807, 2.05) is 19.7 Å². The molecule has 7 heavy (non-hydrogen) atoms. The van der Waals surface area contributed by atoms with Crippen LogP contribution >= 0.6 is 0 Å². The van der Waals surface area contributed by atoms with Crippen LogP contribution < -0.4 is 0 Å². The number of rotatable bonds is 2. The van der Waals surface area contributed by atoms with Crippen LogP contribution in [0.4, 0.5) is 0 Å². The first kappa shape index (κ1) is 7.84. The molecule has 0 bridgehead atoms. The molecular weight excluding hydrogens is 222 g/mol. The van der Waals surface area contributed by atoms with Gasteiger partial charge in [-0.05, 0) is 0 Å². The molecule has 0 heterocycles. The van der Waals surface area contributed by atoms with Gasteiger partial charge in [0.15, 0.2) is 0 Å². The van der Waals surface area contributed by atoms with E-state index in [1.54, 1.807) is 0 Å². The minimum atomic E-state index is -1.33. The van der Waals surface area contributed by atoms with E-state index in [4.69, 9.17) is 0 Å². The Labute approximate surface area is 53.7 Å². The second-order valence-electron chi connectivity index (χ2n) is 1.48. The molecule has 1 nitrogen and oxygen atoms in total. The molecule has 0 saturated heterocycles. The fourth-order valence-corrected chi connectivity index (χ4v) is 5.20. The van der Waals surface area contributed by atoms with Crippen molar-refractivity contribution in [1.29, 1.82) is 0 Å². The Balaban J connectivity index is 3.35. The molecule has 0 N–H and O–H groups in total. The van der Waals surface area contributed by atoms with Crippen LogP contribution in [0.2, 0.25) is 10.6 Å². The molecule has 0 aliphatic rings. The Morgan fingerprint density at radius 1 is 1.57 bits per heavy atom. The third-order valence-corrected chi connectivity index (χ3v) is 10.6. The van der Waals surface area contributed by atoms with Crippen LogP contribution in [0.25, 0.3) is 0 Å². The Kier molecular flexibility index (Phi) is 4.25. The third kappa shape index (κ3) is 3.42. The molecule has 0 fully saturated rings. The summed E-state index contributed by atoms with van der Waals surface area (Å²) < 4.78 is 10.7. The van der Waals surface area contributed by atoms with E-state index in [0.29, 0.717) is 17.9 Å². The molecule has 0 radical (unpaired) electrons. The fourth-order valence-electron chi connectivity index (χ4n) is 0.192. The summed E-state index contributed by atoms with van der Waals surface area (Å²) in [6, 6.07) is 0. The van der Waals surface area contributed by atoms with Crippen molar-refractivity contribution in [1.82, 2.24) is 0 Å². The maximum absolute atomic E-state index is 10.7. The van der Waals surface area contributed by atoms with Gasteiger partial charge in [0, 0.05) is 0 Å². The molecule has 0 rings (SSSR count). The Hall–Kier alpha value is 0.839. The van der Waals surface area contributed by atoms with E-state index in [0.717, 1.165) is 0 Å². The number of hydrogen-bond donors (Lipinski definition) is 0. The van der Waals surface area contributed by atoms with Crippen molar-refractivity contribution in [3.05, 3.63) is 0 Å². The molecule has 3 heteroatoms. The summed E-state index contributed by atoms with van der Waals surface area (Å²) in [6.07, 6.45) is 0. The summed E-state index contributed by atoms with van der Waals surface area (Å²) in [5.74, 6) is 2.05. The van der Waals surface area contributed by atoms with Gasteiger partial charge in [-0.25, -0.2) is 0 Å². The Bertz CT molecular complexity index is 70.1. The molecule has 0 saturated carbocycles. The fraction of sp³-hybridized carbons (Fsp3) is 1.00. The van der Waals surface area contributed by atoms with Crippen LogP contribution in [0.5, 0.6) is 0 Å². The Morgan fingerprint density at radius 3 is 2.00 bits per heavy atom. The molecule has 0 aliphatic heterocycles. The van der Waals surface area contributed by atoms with E-state index in [9.17, 15) is 3.83 Å². The van der Waals surface area contributed by atoms with Crippen molar-refractivity contribution >= 4 is 25.1 Å². The monoisotopic (exact) mass is 234 g/mol. The van der Waals surface area contributed by atoms with Gasteiger partial charge in [0.2, 0.25) is 0 Å². The van der Waals surface area contributed by atoms with Crippen molar-refractivity contribution in [3.8, 4) is 0 Å². The van der Waals surface area contributed by atoms with Gasteiger partial charge in [-0.15, -0.1) is 0 Å². The minimum absolute atomic E-state index is 0.425. The molecule has 0 aliphatic carbocycles. The first-order chi connectivity index (χ1) is 3.18. The second-order valence-corrected chi connectivity index (χ2v) is 12.5. The van der Waals surface area contributed by atoms with E-state index in [1.165, 1.54) is 0 Å². The summed E-state index contributed by atoms with van der Waals surface area (Å²) in [5, 5.41) is 0. The topological polar surface area (TPSA) is 17.1 Å². The summed E-state index contributed by atoms with van der Waals surface area (Å²) >= 11 is -0.902. The third-order valence-electron chi connectivity index (χ3n) is 0.549. The van der Waals surface area contributed by atoms with Crippen molar-refractivity contribution in [2.24, 2.45) is 0 Å². The molecule has 1 unspecified atom stereocenters. The molecule has 0 aromatic rings. The zero-order valence-corrected chi connectivity index (χ0v) is 8.23. The van der Waals surface area contributed by atoms with Crippen molar-refractivity contribution < 1.29 is 3.83 Å². The van der Waals surface area contributed by atoms with Gasteiger partial charge in [0.25, 0.3) is 0 Å². The van der Waals surface area contributed by atoms with Crippen LogP contribution in [0.15, 0.2) is 0 Å². The zero-order chi connectivity index (χ0) is 5.86. The van der Waals surface area contributed by atoms with Gasteiger partial charge in [0.1, 0.15) is 0 Å². The van der Waals surface area contributed by atoms with Gasteiger partial charge in [-0.3, -0.25) is 0 Å². The molecule has 44 valence electrons. The first-order valence-electron chi connectivity index (χ1n) is 2.13. The maximum atomic E-state index is 10.7. The summed E-state index contributed by atoms with van der Waals surface area (Å²) in [7, 11) is 0. The predicted molar refractivity (Wildman–Crippen MR) is 33.2 cm³/mol. The van der Waals surface area contributed by atoms with Crippen LogP contribution in [0.1, 0.15) is 13.8 Å². The van der Waals surface area contributed by atoms with Gasteiger partial charge in [-0.2, -0.15) is 0 Å². The van der Waals surface area contributed by atoms with Crippen LogP contribution in [0.3, 0.4) is 0 Å². The molecule has 0 amide bonds. The standard InChI is InChI=1S/C4H10OSe2/c1-4(2)7(5)6-3/h4H,1-3H3. The van der Waals surface area contributed by atoms with Gasteiger partial charge in [-0.1, -0.05) is 0 Å². The molecule has 0 aromatic carbocycles. The second kappa shape index (κ2) is 3.79. The molecule has 0 aromatic heterocycles. The molecule has 0 spiro atoms. The van der Waals surface area contributed by atoms with Crippen LogP contribution in [-0.2, 0) is 3.83 Å². The normalized spacial score (nSPS) is 14.9. The molecular formula is C4H10OSe2. The van der Waals surface area contributed by atoms with E-state index >= 15 is 0 Å². The predicted octanol–water partition coefficient (Wildman–Crippen LogP) is 1.07.